The molecule has 0 amide bonds. The SMILES string of the molecule is O=C1c2ccccc2-c2c1c(Cl)nc1ccc(Br)cc21. The molecule has 1 aromatic heterocycles. The Labute approximate surface area is 128 Å². The highest BCUT2D eigenvalue weighted by Crippen LogP contribution is 2.43. The Kier molecular flexibility index (Phi) is 2.50. The van der Waals surface area contributed by atoms with Gasteiger partial charge in [0.05, 0.1) is 11.1 Å². The molecule has 0 unspecified atom stereocenters. The number of hydrogen-bond acceptors (Lipinski definition) is 2. The van der Waals surface area contributed by atoms with Gasteiger partial charge >= 0.3 is 0 Å². The average Bonchev–Trinajstić information content (AvgIpc) is 2.75. The highest BCUT2D eigenvalue weighted by atomic mass is 79.9. The maximum absolute atomic E-state index is 12.5. The molecule has 0 atom stereocenters. The topological polar surface area (TPSA) is 30.0 Å². The Balaban J connectivity index is 2.25. The lowest BCUT2D eigenvalue weighted by molar-refractivity contribution is 0.104. The molecule has 0 spiro atoms. The summed E-state index contributed by atoms with van der Waals surface area (Å²) in [6.07, 6.45) is 0. The van der Waals surface area contributed by atoms with Crippen molar-refractivity contribution in [1.29, 1.82) is 0 Å². The predicted octanol–water partition coefficient (Wildman–Crippen LogP) is 4.86. The largest absolute Gasteiger partial charge is 0.288 e. The van der Waals surface area contributed by atoms with Crippen molar-refractivity contribution in [2.24, 2.45) is 0 Å². The molecular weight excluding hydrogens is 338 g/mol. The Hall–Kier alpha value is -1.71. The quantitative estimate of drug-likeness (QED) is 0.426. The minimum Gasteiger partial charge on any atom is -0.288 e. The van der Waals surface area contributed by atoms with E-state index in [1.807, 2.05) is 42.5 Å². The second-order valence-corrected chi connectivity index (χ2v) is 5.96. The molecule has 0 radical (unpaired) electrons. The van der Waals surface area contributed by atoms with Gasteiger partial charge in [-0.15, -0.1) is 0 Å². The fourth-order valence-electron chi connectivity index (χ4n) is 2.73. The van der Waals surface area contributed by atoms with Gasteiger partial charge in [-0.05, 0) is 23.8 Å². The number of carbonyl (C=O) groups is 1. The standard InChI is InChI=1S/C16H7BrClNO/c17-8-5-6-12-11(7-8)13-9-3-1-2-4-10(9)15(20)14(13)16(18)19-12/h1-7H. The van der Waals surface area contributed by atoms with Crippen LogP contribution in [0.5, 0.6) is 0 Å². The van der Waals surface area contributed by atoms with Crippen molar-refractivity contribution in [3.63, 3.8) is 0 Å². The van der Waals surface area contributed by atoms with Crippen molar-refractivity contribution < 1.29 is 4.79 Å². The van der Waals surface area contributed by atoms with Crippen molar-refractivity contribution in [3.8, 4) is 11.1 Å². The number of nitrogens with zero attached hydrogens (tertiary/aromatic N) is 1. The molecule has 20 heavy (non-hydrogen) atoms. The van der Waals surface area contributed by atoms with Crippen molar-refractivity contribution in [1.82, 2.24) is 4.98 Å². The summed E-state index contributed by atoms with van der Waals surface area (Å²) in [7, 11) is 0. The van der Waals surface area contributed by atoms with E-state index in [1.54, 1.807) is 0 Å². The van der Waals surface area contributed by atoms with Crippen LogP contribution in [-0.4, -0.2) is 10.8 Å². The van der Waals surface area contributed by atoms with Gasteiger partial charge in [0.25, 0.3) is 0 Å². The zero-order valence-corrected chi connectivity index (χ0v) is 12.5. The maximum Gasteiger partial charge on any atom is 0.197 e. The number of aromatic nitrogens is 1. The summed E-state index contributed by atoms with van der Waals surface area (Å²) in [4.78, 5) is 16.8. The molecule has 0 saturated carbocycles. The van der Waals surface area contributed by atoms with E-state index in [0.29, 0.717) is 11.1 Å². The zero-order chi connectivity index (χ0) is 13.9. The number of carbonyl (C=O) groups excluding carboxylic acids is 1. The van der Waals surface area contributed by atoms with Gasteiger partial charge in [-0.25, -0.2) is 4.98 Å². The molecule has 1 aliphatic carbocycles. The van der Waals surface area contributed by atoms with Crippen LogP contribution < -0.4 is 0 Å². The van der Waals surface area contributed by atoms with Gasteiger partial charge in [-0.3, -0.25) is 4.79 Å². The number of fused-ring (bicyclic) bond motifs is 5. The van der Waals surface area contributed by atoms with Crippen molar-refractivity contribution in [2.75, 3.05) is 0 Å². The Bertz CT molecular complexity index is 904. The Morgan fingerprint density at radius 2 is 1.75 bits per heavy atom. The summed E-state index contributed by atoms with van der Waals surface area (Å²) in [6, 6.07) is 13.4. The predicted molar refractivity (Wildman–Crippen MR) is 83.3 cm³/mol. The normalized spacial score (nSPS) is 12.6. The lowest BCUT2D eigenvalue weighted by atomic mass is 10.0. The van der Waals surface area contributed by atoms with E-state index in [0.717, 1.165) is 26.5 Å². The molecule has 0 bridgehead atoms. The third-order valence-electron chi connectivity index (χ3n) is 3.57. The van der Waals surface area contributed by atoms with E-state index >= 15 is 0 Å². The van der Waals surface area contributed by atoms with Gasteiger partial charge in [0.2, 0.25) is 0 Å². The minimum absolute atomic E-state index is 0.0463. The molecule has 1 heterocycles. The maximum atomic E-state index is 12.5. The summed E-state index contributed by atoms with van der Waals surface area (Å²) in [5, 5.41) is 1.22. The van der Waals surface area contributed by atoms with E-state index in [-0.39, 0.29) is 10.9 Å². The highest BCUT2D eigenvalue weighted by molar-refractivity contribution is 9.10. The molecule has 4 rings (SSSR count). The van der Waals surface area contributed by atoms with E-state index < -0.39 is 0 Å². The number of hydrogen-bond donors (Lipinski definition) is 0. The fraction of sp³-hybridized carbons (Fsp3) is 0. The zero-order valence-electron chi connectivity index (χ0n) is 10.2. The fourth-order valence-corrected chi connectivity index (χ4v) is 3.36. The van der Waals surface area contributed by atoms with Crippen molar-refractivity contribution in [3.05, 3.63) is 63.2 Å². The third-order valence-corrected chi connectivity index (χ3v) is 4.34. The van der Waals surface area contributed by atoms with Crippen LogP contribution in [-0.2, 0) is 0 Å². The van der Waals surface area contributed by atoms with E-state index in [2.05, 4.69) is 20.9 Å². The molecule has 1 aliphatic rings. The van der Waals surface area contributed by atoms with E-state index in [1.165, 1.54) is 0 Å². The Morgan fingerprint density at radius 3 is 2.55 bits per heavy atom. The smallest absolute Gasteiger partial charge is 0.197 e. The van der Waals surface area contributed by atoms with Crippen LogP contribution >= 0.6 is 27.5 Å². The van der Waals surface area contributed by atoms with Crippen LogP contribution in [0.15, 0.2) is 46.9 Å². The number of benzene rings is 2. The monoisotopic (exact) mass is 343 g/mol. The summed E-state index contributed by atoms with van der Waals surface area (Å²) in [6.45, 7) is 0. The second kappa shape index (κ2) is 4.14. The highest BCUT2D eigenvalue weighted by Gasteiger charge is 2.31. The first kappa shape index (κ1) is 12.1. The van der Waals surface area contributed by atoms with Gasteiger partial charge in [-0.1, -0.05) is 51.8 Å². The van der Waals surface area contributed by atoms with Crippen molar-refractivity contribution >= 4 is 44.2 Å². The van der Waals surface area contributed by atoms with Crippen LogP contribution in [0.4, 0.5) is 0 Å². The summed E-state index contributed by atoms with van der Waals surface area (Å²) in [5.41, 5.74) is 3.82. The van der Waals surface area contributed by atoms with Crippen LogP contribution in [0.1, 0.15) is 15.9 Å². The molecular formula is C16H7BrClNO. The van der Waals surface area contributed by atoms with Gasteiger partial charge in [0.1, 0.15) is 5.15 Å². The lowest BCUT2D eigenvalue weighted by Crippen LogP contribution is -1.98. The molecule has 0 aliphatic heterocycles. The molecule has 2 nitrogen and oxygen atoms in total. The number of halogens is 2. The summed E-state index contributed by atoms with van der Waals surface area (Å²) >= 11 is 9.70. The minimum atomic E-state index is -0.0463. The summed E-state index contributed by atoms with van der Waals surface area (Å²) in [5.74, 6) is -0.0463. The van der Waals surface area contributed by atoms with Gasteiger partial charge < -0.3 is 0 Å². The molecule has 0 fully saturated rings. The first-order valence-corrected chi connectivity index (χ1v) is 7.27. The first-order chi connectivity index (χ1) is 9.66. The van der Waals surface area contributed by atoms with Crippen LogP contribution in [0.3, 0.4) is 0 Å². The molecule has 4 heteroatoms. The van der Waals surface area contributed by atoms with Gasteiger partial charge in [0, 0.05) is 21.0 Å². The van der Waals surface area contributed by atoms with E-state index in [4.69, 9.17) is 11.6 Å². The van der Waals surface area contributed by atoms with Gasteiger partial charge in [0.15, 0.2) is 5.78 Å². The molecule has 0 saturated heterocycles. The van der Waals surface area contributed by atoms with Crippen LogP contribution in [0, 0.1) is 0 Å². The molecule has 0 N–H and O–H groups in total. The number of rotatable bonds is 0. The van der Waals surface area contributed by atoms with Crippen molar-refractivity contribution in [2.45, 2.75) is 0 Å². The molecule has 3 aromatic rings. The first-order valence-electron chi connectivity index (χ1n) is 6.09. The van der Waals surface area contributed by atoms with Crippen LogP contribution in [0.25, 0.3) is 22.0 Å². The third kappa shape index (κ3) is 1.51. The van der Waals surface area contributed by atoms with E-state index in [9.17, 15) is 4.79 Å². The van der Waals surface area contributed by atoms with Gasteiger partial charge in [-0.2, -0.15) is 0 Å². The summed E-state index contributed by atoms with van der Waals surface area (Å²) < 4.78 is 0.952. The second-order valence-electron chi connectivity index (χ2n) is 4.69. The molecule has 2 aromatic carbocycles. The van der Waals surface area contributed by atoms with Crippen LogP contribution in [0.2, 0.25) is 5.15 Å². The number of pyridine rings is 1. The molecule has 96 valence electrons. The Morgan fingerprint density at radius 1 is 1.00 bits per heavy atom. The lowest BCUT2D eigenvalue weighted by Gasteiger charge is -2.07. The number of ketones is 1. The average molecular weight is 345 g/mol.